The van der Waals surface area contributed by atoms with Crippen molar-refractivity contribution in [3.05, 3.63) is 267 Å². The molecule has 11 aromatic carbocycles. The standard InChI is InChI=1S/C66H44N2O/c1-2-17-45(18-3-1)49-19-14-20-50(43-49)51-21-15-22-53(44-51)67(52-41-39-48(40-42-52)56-28-16-29-60-59-27-8-13-34-65(59)69-66(56)60)61-30-9-4-23-54(61)46-35-37-47(38-36-46)55-24-5-10-31-62(55)68-63-32-11-6-25-57(63)58-26-7-12-33-64(58)68/h1-44H. The quantitative estimate of drug-likeness (QED) is 0.144. The minimum atomic E-state index is 0.897. The SMILES string of the molecule is c1ccc(-c2cccc(-c3cccc(N(c4ccc(-c5cccc6c5oc5ccccc56)cc4)c4ccccc4-c4ccc(-c5ccccc5-n5c6ccccc6c6ccccc65)cc4)c3)c2)cc1. The smallest absolute Gasteiger partial charge is 0.143 e. The zero-order valence-corrected chi connectivity index (χ0v) is 37.7. The molecular formula is C66H44N2O. The minimum absolute atomic E-state index is 0.897. The summed E-state index contributed by atoms with van der Waals surface area (Å²) in [4.78, 5) is 2.40. The van der Waals surface area contributed by atoms with Gasteiger partial charge in [-0.15, -0.1) is 0 Å². The molecule has 0 saturated carbocycles. The number of anilines is 3. The lowest BCUT2D eigenvalue weighted by Crippen LogP contribution is -2.11. The summed E-state index contributed by atoms with van der Waals surface area (Å²) < 4.78 is 8.91. The molecule has 0 radical (unpaired) electrons. The highest BCUT2D eigenvalue weighted by atomic mass is 16.3. The molecule has 2 heterocycles. The lowest BCUT2D eigenvalue weighted by Gasteiger charge is -2.28. The maximum Gasteiger partial charge on any atom is 0.143 e. The number of furan rings is 1. The molecule has 0 N–H and O–H groups in total. The summed E-state index contributed by atoms with van der Waals surface area (Å²) in [5, 5.41) is 4.76. The third-order valence-corrected chi connectivity index (χ3v) is 13.6. The van der Waals surface area contributed by atoms with E-state index in [0.717, 1.165) is 83.6 Å². The fourth-order valence-corrected chi connectivity index (χ4v) is 10.4. The Morgan fingerprint density at radius 2 is 0.783 bits per heavy atom. The summed E-state index contributed by atoms with van der Waals surface area (Å²) in [6.07, 6.45) is 0. The van der Waals surface area contributed by atoms with E-state index in [4.69, 9.17) is 4.42 Å². The van der Waals surface area contributed by atoms with Gasteiger partial charge in [0.25, 0.3) is 0 Å². The van der Waals surface area contributed by atoms with E-state index >= 15 is 0 Å². The Kier molecular flexibility index (Phi) is 9.84. The first kappa shape index (κ1) is 40.1. The second-order valence-corrected chi connectivity index (χ2v) is 17.6. The number of hydrogen-bond acceptors (Lipinski definition) is 2. The van der Waals surface area contributed by atoms with Crippen LogP contribution in [0.5, 0.6) is 0 Å². The van der Waals surface area contributed by atoms with E-state index in [-0.39, 0.29) is 0 Å². The molecule has 3 heteroatoms. The number of fused-ring (bicyclic) bond motifs is 6. The van der Waals surface area contributed by atoms with Gasteiger partial charge >= 0.3 is 0 Å². The van der Waals surface area contributed by atoms with Gasteiger partial charge in [0.1, 0.15) is 11.2 Å². The van der Waals surface area contributed by atoms with E-state index in [1.165, 1.54) is 38.5 Å². The van der Waals surface area contributed by atoms with Gasteiger partial charge in [-0.25, -0.2) is 0 Å². The largest absolute Gasteiger partial charge is 0.455 e. The van der Waals surface area contributed by atoms with Crippen molar-refractivity contribution >= 4 is 60.8 Å². The average Bonchev–Trinajstić information content (AvgIpc) is 3.98. The van der Waals surface area contributed by atoms with Crippen molar-refractivity contribution in [1.82, 2.24) is 4.57 Å². The Hall–Kier alpha value is -9.18. The van der Waals surface area contributed by atoms with Gasteiger partial charge in [0.2, 0.25) is 0 Å². The second-order valence-electron chi connectivity index (χ2n) is 17.6. The van der Waals surface area contributed by atoms with Crippen molar-refractivity contribution in [2.45, 2.75) is 0 Å². The van der Waals surface area contributed by atoms with Crippen LogP contribution in [0.4, 0.5) is 17.1 Å². The van der Waals surface area contributed by atoms with Crippen molar-refractivity contribution in [1.29, 1.82) is 0 Å². The molecule has 13 rings (SSSR count). The first-order chi connectivity index (χ1) is 34.2. The molecule has 2 aromatic heterocycles. The summed E-state index contributed by atoms with van der Waals surface area (Å²) >= 11 is 0. The maximum atomic E-state index is 6.50. The van der Waals surface area contributed by atoms with E-state index in [1.807, 2.05) is 12.1 Å². The van der Waals surface area contributed by atoms with E-state index < -0.39 is 0 Å². The second kappa shape index (κ2) is 16.9. The van der Waals surface area contributed by atoms with Crippen LogP contribution in [-0.4, -0.2) is 4.57 Å². The highest BCUT2D eigenvalue weighted by molar-refractivity contribution is 6.11. The van der Waals surface area contributed by atoms with Crippen molar-refractivity contribution in [3.8, 4) is 61.3 Å². The van der Waals surface area contributed by atoms with Gasteiger partial charge in [-0.05, 0) is 99.6 Å². The van der Waals surface area contributed by atoms with Crippen LogP contribution in [0.1, 0.15) is 0 Å². The molecule has 0 aliphatic rings. The summed E-state index contributed by atoms with van der Waals surface area (Å²) in [6, 6.07) is 96.1. The topological polar surface area (TPSA) is 21.3 Å². The van der Waals surface area contributed by atoms with Crippen LogP contribution < -0.4 is 4.90 Å². The van der Waals surface area contributed by atoms with Gasteiger partial charge in [-0.3, -0.25) is 0 Å². The number of nitrogens with zero attached hydrogens (tertiary/aromatic N) is 2. The summed E-state index contributed by atoms with van der Waals surface area (Å²) in [7, 11) is 0. The Morgan fingerprint density at radius 3 is 1.54 bits per heavy atom. The van der Waals surface area contributed by atoms with Crippen LogP contribution in [0.25, 0.3) is 105 Å². The van der Waals surface area contributed by atoms with E-state index in [9.17, 15) is 0 Å². The number of benzene rings is 11. The Bertz CT molecular complexity index is 3960. The van der Waals surface area contributed by atoms with Gasteiger partial charge in [-0.1, -0.05) is 206 Å². The fourth-order valence-electron chi connectivity index (χ4n) is 10.4. The van der Waals surface area contributed by atoms with E-state index in [0.29, 0.717) is 0 Å². The molecule has 13 aromatic rings. The molecule has 0 atom stereocenters. The van der Waals surface area contributed by atoms with Crippen LogP contribution in [0, 0.1) is 0 Å². The van der Waals surface area contributed by atoms with Crippen molar-refractivity contribution in [2.24, 2.45) is 0 Å². The number of rotatable bonds is 9. The minimum Gasteiger partial charge on any atom is -0.455 e. The fraction of sp³-hybridized carbons (Fsp3) is 0. The summed E-state index contributed by atoms with van der Waals surface area (Å²) in [6.45, 7) is 0. The van der Waals surface area contributed by atoms with Crippen molar-refractivity contribution < 1.29 is 4.42 Å². The molecule has 0 bridgehead atoms. The molecular weight excluding hydrogens is 837 g/mol. The summed E-state index contributed by atoms with van der Waals surface area (Å²) in [5.41, 5.74) is 20.0. The van der Waals surface area contributed by atoms with E-state index in [2.05, 4.69) is 264 Å². The Labute approximate surface area is 401 Å². The van der Waals surface area contributed by atoms with Gasteiger partial charge < -0.3 is 13.9 Å². The zero-order chi connectivity index (χ0) is 45.7. The lowest BCUT2D eigenvalue weighted by atomic mass is 9.96. The van der Waals surface area contributed by atoms with Crippen molar-refractivity contribution in [2.75, 3.05) is 4.90 Å². The predicted molar refractivity (Wildman–Crippen MR) is 290 cm³/mol. The summed E-state index contributed by atoms with van der Waals surface area (Å²) in [5.74, 6) is 0. The molecule has 0 aliphatic heterocycles. The Morgan fingerprint density at radius 1 is 0.290 bits per heavy atom. The van der Waals surface area contributed by atoms with Crippen LogP contribution in [0.3, 0.4) is 0 Å². The molecule has 0 fully saturated rings. The molecule has 0 amide bonds. The maximum absolute atomic E-state index is 6.50. The predicted octanol–water partition coefficient (Wildman–Crippen LogP) is 18.5. The lowest BCUT2D eigenvalue weighted by molar-refractivity contribution is 0.670. The molecule has 0 saturated heterocycles. The molecule has 0 unspecified atom stereocenters. The Balaban J connectivity index is 0.922. The molecule has 69 heavy (non-hydrogen) atoms. The van der Waals surface area contributed by atoms with Gasteiger partial charge in [0, 0.05) is 49.6 Å². The number of hydrogen-bond donors (Lipinski definition) is 0. The van der Waals surface area contributed by atoms with Crippen molar-refractivity contribution in [3.63, 3.8) is 0 Å². The highest BCUT2D eigenvalue weighted by Crippen LogP contribution is 2.44. The highest BCUT2D eigenvalue weighted by Gasteiger charge is 2.20. The van der Waals surface area contributed by atoms with Crippen LogP contribution in [0.2, 0.25) is 0 Å². The molecule has 0 aliphatic carbocycles. The molecule has 324 valence electrons. The van der Waals surface area contributed by atoms with Gasteiger partial charge in [0.05, 0.1) is 22.4 Å². The first-order valence-corrected chi connectivity index (χ1v) is 23.6. The third kappa shape index (κ3) is 7.08. The van der Waals surface area contributed by atoms with Crippen LogP contribution in [0.15, 0.2) is 271 Å². The zero-order valence-electron chi connectivity index (χ0n) is 37.7. The van der Waals surface area contributed by atoms with E-state index in [1.54, 1.807) is 0 Å². The van der Waals surface area contributed by atoms with Gasteiger partial charge in [0.15, 0.2) is 0 Å². The average molecular weight is 881 g/mol. The molecule has 3 nitrogen and oxygen atoms in total. The number of para-hydroxylation sites is 6. The normalized spacial score (nSPS) is 11.5. The first-order valence-electron chi connectivity index (χ1n) is 23.6. The van der Waals surface area contributed by atoms with Crippen LogP contribution in [-0.2, 0) is 0 Å². The van der Waals surface area contributed by atoms with Gasteiger partial charge in [-0.2, -0.15) is 0 Å². The monoisotopic (exact) mass is 880 g/mol. The van der Waals surface area contributed by atoms with Crippen LogP contribution >= 0.6 is 0 Å². The number of aromatic nitrogens is 1. The third-order valence-electron chi connectivity index (χ3n) is 13.6. The molecule has 0 spiro atoms.